The highest BCUT2D eigenvalue weighted by Gasteiger charge is 2.23. The van der Waals surface area contributed by atoms with Crippen LogP contribution in [0.15, 0.2) is 0 Å². The zero-order valence-corrected chi connectivity index (χ0v) is 13.2. The first-order chi connectivity index (χ1) is 9.04. The summed E-state index contributed by atoms with van der Waals surface area (Å²) in [5.41, 5.74) is 0. The number of hydrogen-bond donors (Lipinski definition) is 1. The largest absolute Gasteiger partial charge is 0.309 e. The minimum atomic E-state index is 0.640. The molecule has 2 unspecified atom stereocenters. The number of likely N-dealkylation sites (N-methyl/N-ethyl adjacent to an activating group) is 1. The highest BCUT2D eigenvalue weighted by molar-refractivity contribution is 4.83. The monoisotopic (exact) mass is 268 g/mol. The van der Waals surface area contributed by atoms with Gasteiger partial charge in [0.1, 0.15) is 0 Å². The lowest BCUT2D eigenvalue weighted by Gasteiger charge is -2.39. The fourth-order valence-corrected chi connectivity index (χ4v) is 3.44. The second kappa shape index (κ2) is 7.02. The standard InChI is InChI=1S/C15H32N4/c1-13(2)19-9-7-18(8-10-19)6-5-15-12-17(4)11-14(3)16-15/h13-16H,5-12H2,1-4H3. The molecule has 2 aliphatic heterocycles. The minimum absolute atomic E-state index is 0.640. The molecule has 0 radical (unpaired) electrons. The lowest BCUT2D eigenvalue weighted by molar-refractivity contribution is 0.100. The summed E-state index contributed by atoms with van der Waals surface area (Å²) in [5, 5.41) is 3.73. The summed E-state index contributed by atoms with van der Waals surface area (Å²) >= 11 is 0. The molecule has 19 heavy (non-hydrogen) atoms. The van der Waals surface area contributed by atoms with Crippen molar-refractivity contribution in [3.05, 3.63) is 0 Å². The van der Waals surface area contributed by atoms with Crippen LogP contribution >= 0.6 is 0 Å². The minimum Gasteiger partial charge on any atom is -0.309 e. The highest BCUT2D eigenvalue weighted by Crippen LogP contribution is 2.09. The molecular formula is C15H32N4. The van der Waals surface area contributed by atoms with Gasteiger partial charge in [-0.15, -0.1) is 0 Å². The fourth-order valence-electron chi connectivity index (χ4n) is 3.44. The van der Waals surface area contributed by atoms with E-state index in [0.717, 1.165) is 0 Å². The van der Waals surface area contributed by atoms with Crippen LogP contribution in [0.4, 0.5) is 0 Å². The average Bonchev–Trinajstić information content (AvgIpc) is 2.36. The first-order valence-electron chi connectivity index (χ1n) is 7.95. The van der Waals surface area contributed by atoms with Crippen molar-refractivity contribution in [3.63, 3.8) is 0 Å². The summed E-state index contributed by atoms with van der Waals surface area (Å²) < 4.78 is 0. The van der Waals surface area contributed by atoms with E-state index >= 15 is 0 Å². The van der Waals surface area contributed by atoms with Gasteiger partial charge in [-0.05, 0) is 40.8 Å². The van der Waals surface area contributed by atoms with Gasteiger partial charge in [-0.2, -0.15) is 0 Å². The highest BCUT2D eigenvalue weighted by atomic mass is 15.3. The zero-order chi connectivity index (χ0) is 13.8. The van der Waals surface area contributed by atoms with E-state index in [1.165, 1.54) is 52.2 Å². The van der Waals surface area contributed by atoms with E-state index in [0.29, 0.717) is 18.1 Å². The molecule has 0 aromatic rings. The van der Waals surface area contributed by atoms with Crippen molar-refractivity contribution >= 4 is 0 Å². The predicted molar refractivity (Wildman–Crippen MR) is 81.6 cm³/mol. The van der Waals surface area contributed by atoms with Crippen molar-refractivity contribution in [1.29, 1.82) is 0 Å². The first-order valence-corrected chi connectivity index (χ1v) is 7.95. The summed E-state index contributed by atoms with van der Waals surface area (Å²) in [6.45, 7) is 15.5. The Labute approximate surface area is 119 Å². The molecule has 2 aliphatic rings. The van der Waals surface area contributed by atoms with E-state index in [4.69, 9.17) is 0 Å². The molecule has 2 heterocycles. The average molecular weight is 268 g/mol. The number of nitrogens with zero attached hydrogens (tertiary/aromatic N) is 3. The topological polar surface area (TPSA) is 21.8 Å². The molecule has 0 aliphatic carbocycles. The molecule has 0 aromatic carbocycles. The van der Waals surface area contributed by atoms with Gasteiger partial charge in [-0.1, -0.05) is 0 Å². The molecule has 0 saturated carbocycles. The molecule has 0 amide bonds. The Hall–Kier alpha value is -0.160. The Morgan fingerprint density at radius 2 is 1.79 bits per heavy atom. The third-order valence-electron chi connectivity index (χ3n) is 4.57. The van der Waals surface area contributed by atoms with Crippen molar-refractivity contribution in [3.8, 4) is 0 Å². The lowest BCUT2D eigenvalue weighted by atomic mass is 10.1. The molecule has 2 atom stereocenters. The molecule has 1 N–H and O–H groups in total. The number of rotatable bonds is 4. The van der Waals surface area contributed by atoms with Crippen LogP contribution in [0.25, 0.3) is 0 Å². The second-order valence-corrected chi connectivity index (χ2v) is 6.75. The molecule has 112 valence electrons. The van der Waals surface area contributed by atoms with Crippen LogP contribution in [0.1, 0.15) is 27.2 Å². The Bertz CT molecular complexity index is 251. The Morgan fingerprint density at radius 3 is 2.37 bits per heavy atom. The van der Waals surface area contributed by atoms with E-state index in [2.05, 4.69) is 47.8 Å². The molecule has 0 aromatic heterocycles. The fraction of sp³-hybridized carbons (Fsp3) is 1.00. The maximum atomic E-state index is 3.73. The van der Waals surface area contributed by atoms with Crippen LogP contribution in [-0.4, -0.2) is 85.7 Å². The summed E-state index contributed by atoms with van der Waals surface area (Å²) in [6.07, 6.45) is 1.29. The second-order valence-electron chi connectivity index (χ2n) is 6.75. The molecule has 0 spiro atoms. The van der Waals surface area contributed by atoms with E-state index in [1.807, 2.05) is 0 Å². The summed E-state index contributed by atoms with van der Waals surface area (Å²) in [5.74, 6) is 0. The van der Waals surface area contributed by atoms with Gasteiger partial charge in [0, 0.05) is 57.4 Å². The third-order valence-corrected chi connectivity index (χ3v) is 4.57. The van der Waals surface area contributed by atoms with E-state index in [-0.39, 0.29) is 0 Å². The first kappa shape index (κ1) is 15.2. The molecule has 0 bridgehead atoms. The van der Waals surface area contributed by atoms with Gasteiger partial charge in [0.2, 0.25) is 0 Å². The van der Waals surface area contributed by atoms with Crippen LogP contribution in [0.5, 0.6) is 0 Å². The van der Waals surface area contributed by atoms with Gasteiger partial charge in [0.15, 0.2) is 0 Å². The van der Waals surface area contributed by atoms with E-state index < -0.39 is 0 Å². The van der Waals surface area contributed by atoms with Crippen LogP contribution in [0.2, 0.25) is 0 Å². The van der Waals surface area contributed by atoms with Gasteiger partial charge >= 0.3 is 0 Å². The van der Waals surface area contributed by atoms with Gasteiger partial charge in [-0.25, -0.2) is 0 Å². The quantitative estimate of drug-likeness (QED) is 0.810. The van der Waals surface area contributed by atoms with Crippen LogP contribution < -0.4 is 5.32 Å². The zero-order valence-electron chi connectivity index (χ0n) is 13.2. The van der Waals surface area contributed by atoms with Crippen LogP contribution in [0.3, 0.4) is 0 Å². The molecule has 4 nitrogen and oxygen atoms in total. The normalized spacial score (nSPS) is 32.1. The molecule has 2 rings (SSSR count). The lowest BCUT2D eigenvalue weighted by Crippen LogP contribution is -2.55. The molecule has 4 heteroatoms. The Kier molecular flexibility index (Phi) is 5.63. The maximum absolute atomic E-state index is 3.73. The number of piperazine rings is 2. The van der Waals surface area contributed by atoms with Crippen molar-refractivity contribution in [2.45, 2.75) is 45.3 Å². The Balaban J connectivity index is 1.66. The van der Waals surface area contributed by atoms with Crippen molar-refractivity contribution < 1.29 is 0 Å². The number of hydrogen-bond acceptors (Lipinski definition) is 4. The molecule has 2 saturated heterocycles. The summed E-state index contributed by atoms with van der Waals surface area (Å²) in [6, 6.07) is 2.02. The SMILES string of the molecule is CC1CN(C)CC(CCN2CCN(C(C)C)CC2)N1. The van der Waals surface area contributed by atoms with Gasteiger partial charge in [0.25, 0.3) is 0 Å². The Morgan fingerprint density at radius 1 is 1.11 bits per heavy atom. The summed E-state index contributed by atoms with van der Waals surface area (Å²) in [7, 11) is 2.24. The van der Waals surface area contributed by atoms with E-state index in [1.54, 1.807) is 0 Å². The molecular weight excluding hydrogens is 236 g/mol. The van der Waals surface area contributed by atoms with Crippen molar-refractivity contribution in [2.75, 3.05) is 52.9 Å². The van der Waals surface area contributed by atoms with Gasteiger partial charge < -0.3 is 15.1 Å². The van der Waals surface area contributed by atoms with Gasteiger partial charge in [0.05, 0.1) is 0 Å². The van der Waals surface area contributed by atoms with Crippen LogP contribution in [0, 0.1) is 0 Å². The van der Waals surface area contributed by atoms with Crippen LogP contribution in [-0.2, 0) is 0 Å². The summed E-state index contributed by atoms with van der Waals surface area (Å²) in [4.78, 5) is 7.69. The van der Waals surface area contributed by atoms with Gasteiger partial charge in [-0.3, -0.25) is 4.90 Å². The predicted octanol–water partition coefficient (Wildman–Crippen LogP) is 0.695. The van der Waals surface area contributed by atoms with Crippen molar-refractivity contribution in [1.82, 2.24) is 20.0 Å². The van der Waals surface area contributed by atoms with E-state index in [9.17, 15) is 0 Å². The maximum Gasteiger partial charge on any atom is 0.0210 e. The third kappa shape index (κ3) is 4.71. The number of nitrogens with one attached hydrogen (secondary N) is 1. The van der Waals surface area contributed by atoms with Crippen molar-refractivity contribution in [2.24, 2.45) is 0 Å². The smallest absolute Gasteiger partial charge is 0.0210 e. The molecule has 2 fully saturated rings.